The molecule has 8 heteroatoms. The molecule has 0 radical (unpaired) electrons. The molecule has 0 saturated carbocycles. The van der Waals surface area contributed by atoms with Gasteiger partial charge in [-0.05, 0) is 52.2 Å². The maximum Gasteiger partial charge on any atom is 0.494 e. The van der Waals surface area contributed by atoms with Gasteiger partial charge in [0.2, 0.25) is 5.91 Å². The number of nitrogens with zero attached hydrogens (tertiary/aromatic N) is 1. The fraction of sp³-hybridized carbons (Fsp3) is 0.529. The van der Waals surface area contributed by atoms with Crippen molar-refractivity contribution in [1.29, 1.82) is 5.41 Å². The van der Waals surface area contributed by atoms with Crippen LogP contribution in [0.1, 0.15) is 34.6 Å². The Bertz CT molecular complexity index is 719. The molecule has 2 aliphatic rings. The summed E-state index contributed by atoms with van der Waals surface area (Å²) < 4.78 is 17.8. The molecule has 0 unspecified atom stereocenters. The number of amides is 1. The van der Waals surface area contributed by atoms with Crippen LogP contribution >= 0.6 is 0 Å². The van der Waals surface area contributed by atoms with Crippen LogP contribution in [0.15, 0.2) is 18.2 Å². The Morgan fingerprint density at radius 3 is 2.44 bits per heavy atom. The van der Waals surface area contributed by atoms with E-state index in [1.54, 1.807) is 11.8 Å². The number of primary amides is 1. The van der Waals surface area contributed by atoms with Gasteiger partial charge in [-0.1, -0.05) is 6.07 Å². The van der Waals surface area contributed by atoms with Gasteiger partial charge in [0.25, 0.3) is 0 Å². The Hall–Kier alpha value is -2.06. The highest BCUT2D eigenvalue weighted by atomic mass is 16.7. The third-order valence-electron chi connectivity index (χ3n) is 5.22. The quantitative estimate of drug-likeness (QED) is 0.798. The van der Waals surface area contributed by atoms with E-state index < -0.39 is 30.3 Å². The van der Waals surface area contributed by atoms with Crippen LogP contribution in [-0.2, 0) is 14.1 Å². The Labute approximate surface area is 148 Å². The molecule has 1 fully saturated rings. The Morgan fingerprint density at radius 2 is 1.88 bits per heavy atom. The van der Waals surface area contributed by atoms with Crippen molar-refractivity contribution in [2.45, 2.75) is 51.9 Å². The van der Waals surface area contributed by atoms with Gasteiger partial charge in [0.1, 0.15) is 24.2 Å². The summed E-state index contributed by atoms with van der Waals surface area (Å²) >= 11 is 0. The molecule has 0 bridgehead atoms. The van der Waals surface area contributed by atoms with Crippen molar-refractivity contribution in [2.24, 2.45) is 5.73 Å². The minimum absolute atomic E-state index is 0.0808. The average Bonchev–Trinajstić information content (AvgIpc) is 2.74. The van der Waals surface area contributed by atoms with Crippen LogP contribution < -0.4 is 20.8 Å². The van der Waals surface area contributed by atoms with E-state index in [4.69, 9.17) is 25.2 Å². The number of nitrogens with one attached hydrogen (secondary N) is 1. The van der Waals surface area contributed by atoms with Crippen molar-refractivity contribution in [1.82, 2.24) is 0 Å². The summed E-state index contributed by atoms with van der Waals surface area (Å²) in [6.45, 7) is 9.75. The number of rotatable bonds is 3. The van der Waals surface area contributed by atoms with Crippen molar-refractivity contribution in [3.63, 3.8) is 0 Å². The predicted molar refractivity (Wildman–Crippen MR) is 96.5 cm³/mol. The molecule has 1 saturated heterocycles. The summed E-state index contributed by atoms with van der Waals surface area (Å²) in [5.74, 6) is 0.283. The molecule has 3 N–H and O–H groups in total. The van der Waals surface area contributed by atoms with Crippen LogP contribution in [0.2, 0.25) is 0 Å². The number of hydrogen-bond donors (Lipinski definition) is 2. The first-order valence-corrected chi connectivity index (χ1v) is 8.32. The predicted octanol–water partition coefficient (Wildman–Crippen LogP) is 1.04. The molecule has 1 amide bonds. The van der Waals surface area contributed by atoms with Gasteiger partial charge in [-0.3, -0.25) is 10.2 Å². The zero-order valence-electron chi connectivity index (χ0n) is 15.3. The standard InChI is InChI=1S/C17H24BN3O4/c1-10(15(20)22)21-12-7-6-11(8-13(12)23-9-14(21)19)18-24-16(2,3)17(4,5)25-18/h6-8,10,19H,9H2,1-5H3,(H2,20,22)/t10-/m1/s1. The SMILES string of the molecule is C[C@H](C(N)=O)N1C(=N)COc2cc(B3OC(C)(C)C(C)(C)O3)ccc21. The smallest absolute Gasteiger partial charge is 0.484 e. The van der Waals surface area contributed by atoms with Crippen LogP contribution in [0, 0.1) is 5.41 Å². The van der Waals surface area contributed by atoms with Crippen molar-refractivity contribution in [3.05, 3.63) is 18.2 Å². The van der Waals surface area contributed by atoms with Gasteiger partial charge in [-0.15, -0.1) is 0 Å². The average molecular weight is 345 g/mol. The Morgan fingerprint density at radius 1 is 1.28 bits per heavy atom. The molecule has 25 heavy (non-hydrogen) atoms. The first-order chi connectivity index (χ1) is 11.5. The lowest BCUT2D eigenvalue weighted by atomic mass is 9.79. The first-order valence-electron chi connectivity index (χ1n) is 8.32. The third kappa shape index (κ3) is 2.89. The van der Waals surface area contributed by atoms with E-state index in [-0.39, 0.29) is 12.4 Å². The third-order valence-corrected chi connectivity index (χ3v) is 5.22. The maximum atomic E-state index is 11.6. The van der Waals surface area contributed by atoms with E-state index in [0.717, 1.165) is 5.46 Å². The molecule has 1 atom stereocenters. The number of nitrogens with two attached hydrogens (primary N) is 1. The van der Waals surface area contributed by atoms with Crippen molar-refractivity contribution in [2.75, 3.05) is 11.5 Å². The topological polar surface area (TPSA) is 97.9 Å². The zero-order valence-corrected chi connectivity index (χ0v) is 15.3. The van der Waals surface area contributed by atoms with Gasteiger partial charge < -0.3 is 24.7 Å². The molecule has 134 valence electrons. The minimum atomic E-state index is -0.627. The maximum absolute atomic E-state index is 11.6. The van der Waals surface area contributed by atoms with E-state index in [1.165, 1.54) is 0 Å². The van der Waals surface area contributed by atoms with Crippen LogP contribution in [-0.4, -0.2) is 42.7 Å². The van der Waals surface area contributed by atoms with E-state index in [1.807, 2.05) is 45.9 Å². The summed E-state index contributed by atoms with van der Waals surface area (Å²) in [5.41, 5.74) is 6.03. The number of anilines is 1. The van der Waals surface area contributed by atoms with Crippen molar-refractivity contribution >= 4 is 30.0 Å². The number of fused-ring (bicyclic) bond motifs is 1. The number of hydrogen-bond acceptors (Lipinski definition) is 5. The highest BCUT2D eigenvalue weighted by Crippen LogP contribution is 2.38. The van der Waals surface area contributed by atoms with E-state index in [0.29, 0.717) is 11.4 Å². The Kier molecular flexibility index (Phi) is 4.08. The zero-order chi connectivity index (χ0) is 18.6. The number of amidine groups is 1. The summed E-state index contributed by atoms with van der Waals surface area (Å²) in [4.78, 5) is 13.2. The molecule has 0 aliphatic carbocycles. The summed E-state index contributed by atoms with van der Waals surface area (Å²) in [5, 5.41) is 8.07. The van der Waals surface area contributed by atoms with Crippen molar-refractivity contribution < 1.29 is 18.8 Å². The molecule has 0 aromatic heterocycles. The molecule has 1 aromatic carbocycles. The van der Waals surface area contributed by atoms with Gasteiger partial charge in [-0.25, -0.2) is 0 Å². The fourth-order valence-electron chi connectivity index (χ4n) is 2.90. The summed E-state index contributed by atoms with van der Waals surface area (Å²) in [6, 6.07) is 4.88. The summed E-state index contributed by atoms with van der Waals surface area (Å²) in [7, 11) is -0.498. The van der Waals surface area contributed by atoms with Crippen LogP contribution in [0.25, 0.3) is 0 Å². The van der Waals surface area contributed by atoms with Gasteiger partial charge in [0.15, 0.2) is 0 Å². The lowest BCUT2D eigenvalue weighted by Gasteiger charge is -2.34. The van der Waals surface area contributed by atoms with Crippen LogP contribution in [0.4, 0.5) is 5.69 Å². The monoisotopic (exact) mass is 345 g/mol. The molecular formula is C17H24BN3O4. The van der Waals surface area contributed by atoms with Gasteiger partial charge in [0, 0.05) is 0 Å². The van der Waals surface area contributed by atoms with E-state index in [9.17, 15) is 4.79 Å². The lowest BCUT2D eigenvalue weighted by molar-refractivity contribution is -0.118. The summed E-state index contributed by atoms with van der Waals surface area (Å²) in [6.07, 6.45) is 0. The fourth-order valence-corrected chi connectivity index (χ4v) is 2.90. The molecule has 7 nitrogen and oxygen atoms in total. The van der Waals surface area contributed by atoms with Crippen molar-refractivity contribution in [3.8, 4) is 5.75 Å². The second-order valence-electron chi connectivity index (χ2n) is 7.50. The molecule has 0 spiro atoms. The largest absolute Gasteiger partial charge is 0.494 e. The molecular weight excluding hydrogens is 321 g/mol. The number of carbonyl (C=O) groups is 1. The van der Waals surface area contributed by atoms with Gasteiger partial charge >= 0.3 is 7.12 Å². The highest BCUT2D eigenvalue weighted by Gasteiger charge is 2.52. The second kappa shape index (κ2) is 5.74. The lowest BCUT2D eigenvalue weighted by Crippen LogP contribution is -2.50. The van der Waals surface area contributed by atoms with Crippen LogP contribution in [0.3, 0.4) is 0 Å². The van der Waals surface area contributed by atoms with E-state index >= 15 is 0 Å². The van der Waals surface area contributed by atoms with Gasteiger partial charge in [0.05, 0.1) is 16.9 Å². The molecule has 1 aromatic rings. The highest BCUT2D eigenvalue weighted by molar-refractivity contribution is 6.62. The molecule has 3 rings (SSSR count). The second-order valence-corrected chi connectivity index (χ2v) is 7.50. The Balaban J connectivity index is 1.93. The van der Waals surface area contributed by atoms with Gasteiger partial charge in [-0.2, -0.15) is 0 Å². The number of benzene rings is 1. The minimum Gasteiger partial charge on any atom is -0.484 e. The molecule has 2 heterocycles. The number of carbonyl (C=O) groups excluding carboxylic acids is 1. The number of ether oxygens (including phenoxy) is 1. The first kappa shape index (κ1) is 17.8. The normalized spacial score (nSPS) is 22.4. The van der Waals surface area contributed by atoms with Crippen LogP contribution in [0.5, 0.6) is 5.75 Å². The van der Waals surface area contributed by atoms with E-state index in [2.05, 4.69) is 0 Å². The molecule has 2 aliphatic heterocycles.